The van der Waals surface area contributed by atoms with Crippen LogP contribution >= 0.6 is 0 Å². The second-order valence-electron chi connectivity index (χ2n) is 8.72. The maximum atomic E-state index is 13.4. The monoisotopic (exact) mass is 459 g/mol. The molecule has 1 unspecified atom stereocenters. The summed E-state index contributed by atoms with van der Waals surface area (Å²) in [6.07, 6.45) is 0. The second kappa shape index (κ2) is 9.17. The van der Waals surface area contributed by atoms with Gasteiger partial charge in [0, 0.05) is 14.1 Å². The van der Waals surface area contributed by atoms with Crippen molar-refractivity contribution < 1.29 is 9.53 Å². The quantitative estimate of drug-likeness (QED) is 0.588. The van der Waals surface area contributed by atoms with Crippen LogP contribution in [-0.2, 0) is 23.6 Å². The molecule has 1 aliphatic rings. The topological polar surface area (TPSA) is 82.3 Å². The first kappa shape index (κ1) is 23.3. The highest BCUT2D eigenvalue weighted by Gasteiger charge is 2.38. The van der Waals surface area contributed by atoms with Gasteiger partial charge in [0.25, 0.3) is 5.56 Å². The number of carbonyl (C=O) groups excluding carboxylic acids is 1. The minimum absolute atomic E-state index is 0.196. The number of esters is 1. The summed E-state index contributed by atoms with van der Waals surface area (Å²) in [4.78, 5) is 39.6. The van der Waals surface area contributed by atoms with Crippen LogP contribution in [0.1, 0.15) is 54.9 Å². The van der Waals surface area contributed by atoms with E-state index in [2.05, 4.69) is 19.2 Å². The van der Waals surface area contributed by atoms with E-state index in [-0.39, 0.29) is 6.61 Å². The molecule has 3 aromatic rings. The second-order valence-corrected chi connectivity index (χ2v) is 8.72. The third-order valence-electron chi connectivity index (χ3n) is 6.28. The molecule has 0 amide bonds. The van der Waals surface area contributed by atoms with Gasteiger partial charge in [0.05, 0.1) is 29.4 Å². The van der Waals surface area contributed by atoms with Crippen molar-refractivity contribution in [2.45, 2.75) is 32.6 Å². The van der Waals surface area contributed by atoms with Gasteiger partial charge in [0.1, 0.15) is 5.82 Å². The van der Waals surface area contributed by atoms with Crippen LogP contribution in [0.15, 0.2) is 69.8 Å². The molecule has 34 heavy (non-hydrogen) atoms. The molecular formula is C27H29N3O4. The fraction of sp³-hybridized carbons (Fsp3) is 0.296. The Balaban J connectivity index is 2.10. The average molecular weight is 460 g/mol. The van der Waals surface area contributed by atoms with Gasteiger partial charge in [-0.1, -0.05) is 68.4 Å². The zero-order chi connectivity index (χ0) is 24.6. The molecule has 1 N–H and O–H groups in total. The molecule has 0 saturated heterocycles. The van der Waals surface area contributed by atoms with E-state index in [1.807, 2.05) is 54.6 Å². The highest BCUT2D eigenvalue weighted by Crippen LogP contribution is 2.43. The number of fused-ring (bicyclic) bond motifs is 1. The molecule has 7 nitrogen and oxygen atoms in total. The lowest BCUT2D eigenvalue weighted by Gasteiger charge is -2.32. The molecule has 0 spiro atoms. The van der Waals surface area contributed by atoms with Crippen LogP contribution in [0.3, 0.4) is 0 Å². The molecule has 176 valence electrons. The number of benzene rings is 2. The summed E-state index contributed by atoms with van der Waals surface area (Å²) in [6, 6.07) is 17.3. The highest BCUT2D eigenvalue weighted by molar-refractivity contribution is 6.04. The lowest BCUT2D eigenvalue weighted by Crippen LogP contribution is -2.43. The molecule has 1 aromatic heterocycles. The molecule has 2 heterocycles. The van der Waals surface area contributed by atoms with Crippen LogP contribution < -0.4 is 16.6 Å². The van der Waals surface area contributed by atoms with Crippen LogP contribution in [0.5, 0.6) is 0 Å². The Morgan fingerprint density at radius 2 is 1.65 bits per heavy atom. The van der Waals surface area contributed by atoms with Crippen molar-refractivity contribution in [3.8, 4) is 0 Å². The van der Waals surface area contributed by atoms with E-state index in [1.165, 1.54) is 11.6 Å². The molecular weight excluding hydrogens is 430 g/mol. The Labute approximate surface area is 198 Å². The van der Waals surface area contributed by atoms with Gasteiger partial charge in [-0.2, -0.15) is 0 Å². The summed E-state index contributed by atoms with van der Waals surface area (Å²) in [5, 5.41) is 3.24. The van der Waals surface area contributed by atoms with Gasteiger partial charge in [-0.15, -0.1) is 0 Å². The van der Waals surface area contributed by atoms with Crippen LogP contribution in [0, 0.1) is 0 Å². The molecule has 0 saturated carbocycles. The van der Waals surface area contributed by atoms with Crippen molar-refractivity contribution >= 4 is 17.5 Å². The minimum atomic E-state index is -0.711. The zero-order valence-corrected chi connectivity index (χ0v) is 20.1. The number of hydrogen-bond acceptors (Lipinski definition) is 5. The van der Waals surface area contributed by atoms with Gasteiger partial charge in [0.2, 0.25) is 0 Å². The van der Waals surface area contributed by atoms with Crippen molar-refractivity contribution in [1.82, 2.24) is 9.13 Å². The van der Waals surface area contributed by atoms with Gasteiger partial charge in [-0.25, -0.2) is 9.59 Å². The first-order valence-electron chi connectivity index (χ1n) is 11.4. The Morgan fingerprint density at radius 3 is 2.24 bits per heavy atom. The molecule has 4 rings (SSSR count). The standard InChI is InChI=1S/C27H29N3O4/c1-6-34-26(32)21-20(18-14-12-17(13-15-18)16(2)3)22-24(29(4)27(33)30(5)25(22)31)28-23(21)19-10-8-7-9-11-19/h7-16,20,28H,6H2,1-5H3. The van der Waals surface area contributed by atoms with Gasteiger partial charge in [-0.05, 0) is 29.5 Å². The van der Waals surface area contributed by atoms with Crippen LogP contribution in [-0.4, -0.2) is 21.7 Å². The number of carbonyl (C=O) groups is 1. The van der Waals surface area contributed by atoms with E-state index < -0.39 is 23.1 Å². The van der Waals surface area contributed by atoms with Crippen molar-refractivity contribution in [3.05, 3.63) is 103 Å². The Morgan fingerprint density at radius 1 is 1.00 bits per heavy atom. The molecule has 0 radical (unpaired) electrons. The fourth-order valence-corrected chi connectivity index (χ4v) is 4.42. The Hall–Kier alpha value is -3.87. The van der Waals surface area contributed by atoms with Gasteiger partial charge < -0.3 is 10.1 Å². The number of hydrogen-bond donors (Lipinski definition) is 1. The lowest BCUT2D eigenvalue weighted by molar-refractivity contribution is -0.138. The summed E-state index contributed by atoms with van der Waals surface area (Å²) < 4.78 is 7.96. The number of aromatic nitrogens is 2. The van der Waals surface area contributed by atoms with E-state index in [0.717, 1.165) is 21.3 Å². The predicted octanol–water partition coefficient (Wildman–Crippen LogP) is 3.74. The van der Waals surface area contributed by atoms with E-state index in [0.29, 0.717) is 28.6 Å². The number of nitrogens with one attached hydrogen (secondary N) is 1. The summed E-state index contributed by atoms with van der Waals surface area (Å²) in [7, 11) is 3.06. The molecule has 0 bridgehead atoms. The molecule has 1 atom stereocenters. The first-order valence-corrected chi connectivity index (χ1v) is 11.4. The Kier molecular flexibility index (Phi) is 6.28. The van der Waals surface area contributed by atoms with Gasteiger partial charge in [-0.3, -0.25) is 13.9 Å². The van der Waals surface area contributed by atoms with E-state index in [1.54, 1.807) is 14.0 Å². The molecule has 0 aliphatic carbocycles. The van der Waals surface area contributed by atoms with Crippen molar-refractivity contribution in [2.75, 3.05) is 11.9 Å². The summed E-state index contributed by atoms with van der Waals surface area (Å²) >= 11 is 0. The van der Waals surface area contributed by atoms with Crippen molar-refractivity contribution in [1.29, 1.82) is 0 Å². The molecule has 7 heteroatoms. The summed E-state index contributed by atoms with van der Waals surface area (Å²) in [5.41, 5.74) is 2.99. The average Bonchev–Trinajstić information content (AvgIpc) is 2.85. The third-order valence-corrected chi connectivity index (χ3v) is 6.28. The largest absolute Gasteiger partial charge is 0.463 e. The zero-order valence-electron chi connectivity index (χ0n) is 20.1. The maximum absolute atomic E-state index is 13.4. The van der Waals surface area contributed by atoms with Crippen molar-refractivity contribution in [3.63, 3.8) is 0 Å². The predicted molar refractivity (Wildman–Crippen MR) is 133 cm³/mol. The molecule has 1 aliphatic heterocycles. The van der Waals surface area contributed by atoms with E-state index in [4.69, 9.17) is 4.74 Å². The van der Waals surface area contributed by atoms with E-state index >= 15 is 0 Å². The first-order chi connectivity index (χ1) is 16.3. The van der Waals surface area contributed by atoms with Crippen LogP contribution in [0.25, 0.3) is 5.70 Å². The third kappa shape index (κ3) is 3.87. The fourth-order valence-electron chi connectivity index (χ4n) is 4.42. The number of nitrogens with zero attached hydrogens (tertiary/aromatic N) is 2. The normalized spacial score (nSPS) is 15.2. The molecule has 0 fully saturated rings. The smallest absolute Gasteiger partial charge is 0.337 e. The Bertz CT molecular complexity index is 1380. The van der Waals surface area contributed by atoms with Gasteiger partial charge >= 0.3 is 11.7 Å². The molecule has 2 aromatic carbocycles. The van der Waals surface area contributed by atoms with Crippen LogP contribution in [0.4, 0.5) is 5.82 Å². The van der Waals surface area contributed by atoms with Crippen LogP contribution in [0.2, 0.25) is 0 Å². The minimum Gasteiger partial charge on any atom is -0.463 e. The summed E-state index contributed by atoms with van der Waals surface area (Å²) in [5.74, 6) is -0.508. The van der Waals surface area contributed by atoms with Crippen molar-refractivity contribution in [2.24, 2.45) is 14.1 Å². The van der Waals surface area contributed by atoms with Gasteiger partial charge in [0.15, 0.2) is 0 Å². The number of ether oxygens (including phenoxy) is 1. The number of rotatable bonds is 5. The maximum Gasteiger partial charge on any atom is 0.337 e. The highest BCUT2D eigenvalue weighted by atomic mass is 16.5. The number of anilines is 1. The van der Waals surface area contributed by atoms with E-state index in [9.17, 15) is 14.4 Å². The lowest BCUT2D eigenvalue weighted by atomic mass is 9.80. The SMILES string of the molecule is CCOC(=O)C1=C(c2ccccc2)Nc2c(c(=O)n(C)c(=O)n2C)C1c1ccc(C(C)C)cc1. The summed E-state index contributed by atoms with van der Waals surface area (Å²) in [6.45, 7) is 6.16.